The molecule has 0 saturated heterocycles. The van der Waals surface area contributed by atoms with Gasteiger partial charge in [0.2, 0.25) is 0 Å². The minimum atomic E-state index is 0.679. The van der Waals surface area contributed by atoms with Crippen LogP contribution in [-0.2, 0) is 11.3 Å². The lowest BCUT2D eigenvalue weighted by Crippen LogP contribution is -2.09. The topological polar surface area (TPSA) is 21.3 Å². The molecule has 1 rings (SSSR count). The molecule has 0 aliphatic carbocycles. The lowest BCUT2D eigenvalue weighted by molar-refractivity contribution is 0.0604. The zero-order chi connectivity index (χ0) is 8.81. The molecule has 0 heterocycles. The van der Waals surface area contributed by atoms with Crippen molar-refractivity contribution in [1.82, 2.24) is 5.48 Å². The second-order valence-corrected chi connectivity index (χ2v) is 2.87. The van der Waals surface area contributed by atoms with Crippen LogP contribution >= 0.6 is 11.6 Å². The first-order valence-corrected chi connectivity index (χ1v) is 4.23. The van der Waals surface area contributed by atoms with Gasteiger partial charge in [0.1, 0.15) is 0 Å². The fraction of sp³-hybridized carbons (Fsp3) is 0.333. The van der Waals surface area contributed by atoms with E-state index in [1.165, 1.54) is 5.56 Å². The molecule has 0 radical (unpaired) electrons. The summed E-state index contributed by atoms with van der Waals surface area (Å²) in [7, 11) is 1.75. The summed E-state index contributed by atoms with van der Waals surface area (Å²) >= 11 is 5.73. The third-order valence-corrected chi connectivity index (χ3v) is 1.80. The lowest BCUT2D eigenvalue weighted by atomic mass is 10.2. The van der Waals surface area contributed by atoms with Crippen LogP contribution in [0.25, 0.3) is 0 Å². The quantitative estimate of drug-likeness (QED) is 0.573. The van der Waals surface area contributed by atoms with Gasteiger partial charge in [0.15, 0.2) is 0 Å². The summed E-state index contributed by atoms with van der Waals surface area (Å²) in [5, 5.41) is 0.772. The maximum Gasteiger partial charge on any atom is 0.0722 e. The van der Waals surface area contributed by atoms with Crippen LogP contribution in [-0.4, -0.2) is 13.7 Å². The molecule has 0 spiro atoms. The second kappa shape index (κ2) is 5.14. The summed E-state index contributed by atoms with van der Waals surface area (Å²) in [6, 6.07) is 7.77. The van der Waals surface area contributed by atoms with Gasteiger partial charge in [-0.25, -0.2) is 5.48 Å². The predicted octanol–water partition coefficient (Wildman–Crippen LogP) is 2.03. The van der Waals surface area contributed by atoms with Crippen molar-refractivity contribution in [3.63, 3.8) is 0 Å². The lowest BCUT2D eigenvalue weighted by Gasteiger charge is -2.01. The minimum absolute atomic E-state index is 0.679. The fourth-order valence-electron chi connectivity index (χ4n) is 0.922. The number of halogens is 1. The van der Waals surface area contributed by atoms with E-state index < -0.39 is 0 Å². The Bertz CT molecular complexity index is 222. The Morgan fingerprint density at radius 3 is 2.58 bits per heavy atom. The van der Waals surface area contributed by atoms with Gasteiger partial charge in [-0.15, -0.1) is 0 Å². The van der Waals surface area contributed by atoms with Gasteiger partial charge in [0.25, 0.3) is 0 Å². The van der Waals surface area contributed by atoms with Gasteiger partial charge < -0.3 is 4.84 Å². The smallest absolute Gasteiger partial charge is 0.0722 e. The Hall–Kier alpha value is -0.570. The van der Waals surface area contributed by atoms with Crippen molar-refractivity contribution in [2.75, 3.05) is 13.7 Å². The first-order chi connectivity index (χ1) is 5.83. The number of hydroxylamine groups is 1. The van der Waals surface area contributed by atoms with Crippen molar-refractivity contribution in [2.24, 2.45) is 0 Å². The average molecular weight is 186 g/mol. The largest absolute Gasteiger partial charge is 0.302 e. The van der Waals surface area contributed by atoms with E-state index in [9.17, 15) is 0 Å². The van der Waals surface area contributed by atoms with Crippen molar-refractivity contribution < 1.29 is 4.84 Å². The zero-order valence-electron chi connectivity index (χ0n) is 7.01. The van der Waals surface area contributed by atoms with E-state index in [1.807, 2.05) is 24.3 Å². The predicted molar refractivity (Wildman–Crippen MR) is 50.2 cm³/mol. The average Bonchev–Trinajstić information content (AvgIpc) is 2.09. The van der Waals surface area contributed by atoms with Crippen molar-refractivity contribution in [2.45, 2.75) is 6.42 Å². The third-order valence-electron chi connectivity index (χ3n) is 1.55. The molecule has 0 amide bonds. The van der Waals surface area contributed by atoms with Crippen molar-refractivity contribution in [3.8, 4) is 0 Å². The molecule has 0 aliphatic heterocycles. The molecule has 0 aromatic heterocycles. The molecule has 66 valence electrons. The van der Waals surface area contributed by atoms with Crippen LogP contribution in [0.1, 0.15) is 5.56 Å². The number of rotatable bonds is 4. The van der Waals surface area contributed by atoms with Crippen LogP contribution in [0.15, 0.2) is 24.3 Å². The van der Waals surface area contributed by atoms with E-state index in [1.54, 1.807) is 7.05 Å². The van der Waals surface area contributed by atoms with Crippen molar-refractivity contribution in [1.29, 1.82) is 0 Å². The third kappa shape index (κ3) is 3.22. The molecule has 1 aromatic carbocycles. The molecule has 0 unspecified atom stereocenters. The second-order valence-electron chi connectivity index (χ2n) is 2.43. The molecule has 1 aromatic rings. The highest BCUT2D eigenvalue weighted by atomic mass is 35.5. The summed E-state index contributed by atoms with van der Waals surface area (Å²) in [6.45, 7) is 0.679. The van der Waals surface area contributed by atoms with E-state index in [2.05, 4.69) is 5.48 Å². The molecular formula is C9H12ClNO. The molecule has 0 saturated carbocycles. The summed E-state index contributed by atoms with van der Waals surface area (Å²) < 4.78 is 0. The standard InChI is InChI=1S/C9H12ClNO/c1-11-12-7-6-8-2-4-9(10)5-3-8/h2-5,11H,6-7H2,1H3. The van der Waals surface area contributed by atoms with E-state index in [0.29, 0.717) is 6.61 Å². The Balaban J connectivity index is 2.37. The van der Waals surface area contributed by atoms with E-state index in [0.717, 1.165) is 11.4 Å². The fourth-order valence-corrected chi connectivity index (χ4v) is 1.05. The Morgan fingerprint density at radius 2 is 2.00 bits per heavy atom. The number of hydrogen-bond acceptors (Lipinski definition) is 2. The minimum Gasteiger partial charge on any atom is -0.302 e. The first kappa shape index (κ1) is 9.52. The van der Waals surface area contributed by atoms with Crippen LogP contribution in [0, 0.1) is 0 Å². The summed E-state index contributed by atoms with van der Waals surface area (Å²) in [6.07, 6.45) is 0.901. The highest BCUT2D eigenvalue weighted by molar-refractivity contribution is 6.30. The normalized spacial score (nSPS) is 10.2. The molecule has 0 fully saturated rings. The van der Waals surface area contributed by atoms with E-state index >= 15 is 0 Å². The van der Waals surface area contributed by atoms with Gasteiger partial charge in [-0.1, -0.05) is 23.7 Å². The van der Waals surface area contributed by atoms with Crippen molar-refractivity contribution in [3.05, 3.63) is 34.9 Å². The highest BCUT2D eigenvalue weighted by Crippen LogP contribution is 2.09. The van der Waals surface area contributed by atoms with Gasteiger partial charge >= 0.3 is 0 Å². The maximum atomic E-state index is 5.73. The molecule has 12 heavy (non-hydrogen) atoms. The molecular weight excluding hydrogens is 174 g/mol. The van der Waals surface area contributed by atoms with Crippen LogP contribution in [0.5, 0.6) is 0 Å². The number of benzene rings is 1. The summed E-state index contributed by atoms with van der Waals surface area (Å²) in [4.78, 5) is 4.98. The number of nitrogens with one attached hydrogen (secondary N) is 1. The van der Waals surface area contributed by atoms with E-state index in [-0.39, 0.29) is 0 Å². The Morgan fingerprint density at radius 1 is 1.33 bits per heavy atom. The van der Waals surface area contributed by atoms with Gasteiger partial charge in [-0.2, -0.15) is 0 Å². The van der Waals surface area contributed by atoms with Crippen molar-refractivity contribution >= 4 is 11.6 Å². The molecule has 0 atom stereocenters. The molecule has 0 bridgehead atoms. The molecule has 3 heteroatoms. The zero-order valence-corrected chi connectivity index (χ0v) is 7.77. The van der Waals surface area contributed by atoms with Gasteiger partial charge in [-0.3, -0.25) is 0 Å². The van der Waals surface area contributed by atoms with Crippen LogP contribution in [0.2, 0.25) is 5.02 Å². The van der Waals surface area contributed by atoms with Crippen LogP contribution in [0.4, 0.5) is 0 Å². The number of hydrogen-bond donors (Lipinski definition) is 1. The van der Waals surface area contributed by atoms with Crippen LogP contribution < -0.4 is 5.48 Å². The summed E-state index contributed by atoms with van der Waals surface area (Å²) in [5.74, 6) is 0. The van der Waals surface area contributed by atoms with E-state index in [4.69, 9.17) is 16.4 Å². The van der Waals surface area contributed by atoms with Gasteiger partial charge in [-0.05, 0) is 24.1 Å². The monoisotopic (exact) mass is 185 g/mol. The van der Waals surface area contributed by atoms with Crippen LogP contribution in [0.3, 0.4) is 0 Å². The Kier molecular flexibility index (Phi) is 4.08. The Labute approximate surface area is 77.4 Å². The maximum absolute atomic E-state index is 5.73. The molecule has 2 nitrogen and oxygen atoms in total. The highest BCUT2D eigenvalue weighted by Gasteiger charge is 1.92. The SMILES string of the molecule is CNOCCc1ccc(Cl)cc1. The summed E-state index contributed by atoms with van der Waals surface area (Å²) in [5.41, 5.74) is 3.85. The van der Waals surface area contributed by atoms with Gasteiger partial charge in [0, 0.05) is 12.1 Å². The first-order valence-electron chi connectivity index (χ1n) is 3.86. The molecule has 1 N–H and O–H groups in total. The van der Waals surface area contributed by atoms with Gasteiger partial charge in [0.05, 0.1) is 6.61 Å². The molecule has 0 aliphatic rings.